The molecule has 25 heavy (non-hydrogen) atoms. The van der Waals surface area contributed by atoms with Crippen LogP contribution in [0.4, 0.5) is 5.69 Å². The number of carbonyl (C=O) groups is 2. The molecule has 132 valence electrons. The second-order valence-electron chi connectivity index (χ2n) is 5.26. The van der Waals surface area contributed by atoms with E-state index >= 15 is 0 Å². The Morgan fingerprint density at radius 1 is 1.16 bits per heavy atom. The molecule has 5 nitrogen and oxygen atoms in total. The van der Waals surface area contributed by atoms with Crippen molar-refractivity contribution < 1.29 is 19.1 Å². The van der Waals surface area contributed by atoms with Crippen LogP contribution in [0.25, 0.3) is 0 Å². The lowest BCUT2D eigenvalue weighted by molar-refractivity contribution is -0.145. The van der Waals surface area contributed by atoms with Gasteiger partial charge in [0.1, 0.15) is 5.75 Å². The number of thioether (sulfide) groups is 1. The van der Waals surface area contributed by atoms with Crippen LogP contribution in [0.3, 0.4) is 0 Å². The standard InChI is InChI=1S/C19H21NO4S/c1-4-23-18(21)12-24-15-7-5-6-14(10-15)20-19(22)17-11-16(25-3)9-8-13(17)2/h5-11H,4,12H2,1-3H3,(H,20,22). The number of ether oxygens (including phenoxy) is 2. The molecule has 0 radical (unpaired) electrons. The van der Waals surface area contributed by atoms with Gasteiger partial charge in [-0.25, -0.2) is 4.79 Å². The highest BCUT2D eigenvalue weighted by molar-refractivity contribution is 7.98. The fourth-order valence-corrected chi connectivity index (χ4v) is 2.62. The maximum absolute atomic E-state index is 12.5. The van der Waals surface area contributed by atoms with Crippen LogP contribution in [0.5, 0.6) is 5.75 Å². The smallest absolute Gasteiger partial charge is 0.344 e. The van der Waals surface area contributed by atoms with Gasteiger partial charge in [0.05, 0.1) is 6.61 Å². The molecule has 0 spiro atoms. The summed E-state index contributed by atoms with van der Waals surface area (Å²) < 4.78 is 10.2. The molecule has 2 aromatic carbocycles. The molecule has 0 saturated heterocycles. The molecular formula is C19H21NO4S. The highest BCUT2D eigenvalue weighted by Crippen LogP contribution is 2.22. The first-order valence-corrected chi connectivity index (χ1v) is 9.10. The molecule has 0 saturated carbocycles. The van der Waals surface area contributed by atoms with Crippen molar-refractivity contribution in [1.82, 2.24) is 0 Å². The molecule has 0 atom stereocenters. The summed E-state index contributed by atoms with van der Waals surface area (Å²) in [6, 6.07) is 12.7. The van der Waals surface area contributed by atoms with E-state index < -0.39 is 5.97 Å². The SMILES string of the molecule is CCOC(=O)COc1cccc(NC(=O)c2cc(SC)ccc2C)c1. The van der Waals surface area contributed by atoms with Gasteiger partial charge in [-0.3, -0.25) is 4.79 Å². The van der Waals surface area contributed by atoms with E-state index in [0.29, 0.717) is 23.6 Å². The van der Waals surface area contributed by atoms with Gasteiger partial charge >= 0.3 is 5.97 Å². The lowest BCUT2D eigenvalue weighted by atomic mass is 10.1. The Morgan fingerprint density at radius 3 is 2.68 bits per heavy atom. The molecule has 0 fully saturated rings. The Kier molecular flexibility index (Phi) is 6.89. The van der Waals surface area contributed by atoms with Crippen LogP contribution in [0, 0.1) is 6.92 Å². The number of nitrogens with one attached hydrogen (secondary N) is 1. The average molecular weight is 359 g/mol. The van der Waals surface area contributed by atoms with Crippen molar-refractivity contribution in [3.8, 4) is 5.75 Å². The fraction of sp³-hybridized carbons (Fsp3) is 0.263. The third kappa shape index (κ3) is 5.53. The third-order valence-corrected chi connectivity index (χ3v) is 4.17. The normalized spacial score (nSPS) is 10.2. The summed E-state index contributed by atoms with van der Waals surface area (Å²) in [5.41, 5.74) is 2.13. The zero-order chi connectivity index (χ0) is 18.2. The van der Waals surface area contributed by atoms with E-state index in [1.165, 1.54) is 0 Å². The van der Waals surface area contributed by atoms with Crippen LogP contribution in [0.1, 0.15) is 22.8 Å². The van der Waals surface area contributed by atoms with E-state index in [9.17, 15) is 9.59 Å². The molecule has 2 aromatic rings. The van der Waals surface area contributed by atoms with Crippen molar-refractivity contribution in [2.24, 2.45) is 0 Å². The third-order valence-electron chi connectivity index (χ3n) is 3.44. The van der Waals surface area contributed by atoms with Gasteiger partial charge in [-0.15, -0.1) is 11.8 Å². The zero-order valence-electron chi connectivity index (χ0n) is 14.5. The maximum Gasteiger partial charge on any atom is 0.344 e. The molecule has 0 heterocycles. The monoisotopic (exact) mass is 359 g/mol. The van der Waals surface area contributed by atoms with Gasteiger partial charge in [-0.2, -0.15) is 0 Å². The molecule has 0 aliphatic carbocycles. The molecule has 0 aliphatic rings. The molecule has 2 rings (SSSR count). The van der Waals surface area contributed by atoms with Gasteiger partial charge in [0.15, 0.2) is 6.61 Å². The predicted octanol–water partition coefficient (Wildman–Crippen LogP) is 3.91. The van der Waals surface area contributed by atoms with Gasteiger partial charge in [0.25, 0.3) is 5.91 Å². The summed E-state index contributed by atoms with van der Waals surface area (Å²) in [4.78, 5) is 24.9. The molecule has 0 aliphatic heterocycles. The van der Waals surface area contributed by atoms with Gasteiger partial charge in [0.2, 0.25) is 0 Å². The van der Waals surface area contributed by atoms with Crippen LogP contribution < -0.4 is 10.1 Å². The molecule has 0 bridgehead atoms. The van der Waals surface area contributed by atoms with Crippen LogP contribution in [-0.4, -0.2) is 31.3 Å². The van der Waals surface area contributed by atoms with E-state index in [1.54, 1.807) is 43.0 Å². The summed E-state index contributed by atoms with van der Waals surface area (Å²) in [5.74, 6) is -0.127. The Morgan fingerprint density at radius 2 is 1.96 bits per heavy atom. The van der Waals surface area contributed by atoms with E-state index in [0.717, 1.165) is 10.5 Å². The fourth-order valence-electron chi connectivity index (χ4n) is 2.18. The molecule has 1 amide bonds. The predicted molar refractivity (Wildman–Crippen MR) is 99.5 cm³/mol. The largest absolute Gasteiger partial charge is 0.482 e. The number of aryl methyl sites for hydroxylation is 1. The summed E-state index contributed by atoms with van der Waals surface area (Å²) >= 11 is 1.59. The number of rotatable bonds is 7. The van der Waals surface area contributed by atoms with E-state index in [4.69, 9.17) is 9.47 Å². The number of esters is 1. The summed E-state index contributed by atoms with van der Waals surface area (Å²) in [6.45, 7) is 3.78. The van der Waals surface area contributed by atoms with Crippen molar-refractivity contribution in [3.05, 3.63) is 53.6 Å². The molecule has 6 heteroatoms. The number of amides is 1. The first kappa shape index (κ1) is 18.9. The number of anilines is 1. The van der Waals surface area contributed by atoms with E-state index in [-0.39, 0.29) is 12.5 Å². The lowest BCUT2D eigenvalue weighted by Gasteiger charge is -2.11. The Labute approximate surface area is 151 Å². The Bertz CT molecular complexity index is 761. The van der Waals surface area contributed by atoms with Crippen molar-refractivity contribution >= 4 is 29.3 Å². The molecule has 0 aromatic heterocycles. The number of benzene rings is 2. The number of hydrogen-bond donors (Lipinski definition) is 1. The minimum atomic E-state index is -0.429. The van der Waals surface area contributed by atoms with E-state index in [2.05, 4.69) is 5.32 Å². The van der Waals surface area contributed by atoms with E-state index in [1.807, 2.05) is 31.4 Å². The van der Waals surface area contributed by atoms with Gasteiger partial charge in [-0.1, -0.05) is 12.1 Å². The quantitative estimate of drug-likeness (QED) is 0.600. The van der Waals surface area contributed by atoms with Crippen molar-refractivity contribution in [2.45, 2.75) is 18.7 Å². The maximum atomic E-state index is 12.5. The average Bonchev–Trinajstić information content (AvgIpc) is 2.61. The van der Waals surface area contributed by atoms with Crippen LogP contribution in [-0.2, 0) is 9.53 Å². The van der Waals surface area contributed by atoms with Gasteiger partial charge in [-0.05, 0) is 49.9 Å². The topological polar surface area (TPSA) is 64.6 Å². The highest BCUT2D eigenvalue weighted by Gasteiger charge is 2.11. The van der Waals surface area contributed by atoms with Crippen molar-refractivity contribution in [2.75, 3.05) is 24.8 Å². The van der Waals surface area contributed by atoms with Crippen molar-refractivity contribution in [1.29, 1.82) is 0 Å². The zero-order valence-corrected chi connectivity index (χ0v) is 15.3. The molecule has 1 N–H and O–H groups in total. The van der Waals surface area contributed by atoms with Crippen LogP contribution in [0.15, 0.2) is 47.4 Å². The molecule has 0 unspecified atom stereocenters. The van der Waals surface area contributed by atoms with Crippen molar-refractivity contribution in [3.63, 3.8) is 0 Å². The second-order valence-corrected chi connectivity index (χ2v) is 6.14. The summed E-state index contributed by atoms with van der Waals surface area (Å²) in [7, 11) is 0. The Hall–Kier alpha value is -2.47. The van der Waals surface area contributed by atoms with Crippen LogP contribution >= 0.6 is 11.8 Å². The van der Waals surface area contributed by atoms with Crippen LogP contribution in [0.2, 0.25) is 0 Å². The highest BCUT2D eigenvalue weighted by atomic mass is 32.2. The second kappa shape index (κ2) is 9.13. The first-order chi connectivity index (χ1) is 12.0. The molecular weight excluding hydrogens is 338 g/mol. The first-order valence-electron chi connectivity index (χ1n) is 7.88. The summed E-state index contributed by atoms with van der Waals surface area (Å²) in [5, 5.41) is 2.86. The number of carbonyl (C=O) groups excluding carboxylic acids is 2. The Balaban J connectivity index is 2.06. The van der Waals surface area contributed by atoms with Gasteiger partial charge < -0.3 is 14.8 Å². The minimum Gasteiger partial charge on any atom is -0.482 e. The lowest BCUT2D eigenvalue weighted by Crippen LogP contribution is -2.15. The minimum absolute atomic E-state index is 0.167. The summed E-state index contributed by atoms with van der Waals surface area (Å²) in [6.07, 6.45) is 1.97. The number of hydrogen-bond acceptors (Lipinski definition) is 5. The van der Waals surface area contributed by atoms with Gasteiger partial charge in [0, 0.05) is 22.2 Å².